The van der Waals surface area contributed by atoms with Crippen LogP contribution in [0, 0.1) is 0 Å². The van der Waals surface area contributed by atoms with Crippen molar-refractivity contribution in [2.24, 2.45) is 0 Å². The highest BCUT2D eigenvalue weighted by molar-refractivity contribution is 8.00. The van der Waals surface area contributed by atoms with Crippen LogP contribution in [0.4, 0.5) is 17.1 Å². The SMILES string of the molecule is CN(C)c1ccc(N2C(=O)CSC2c2ccc(NC(=O)C(c3ccccc3)c3ccccc3)cc2)cc1. The molecular weight excluding hydrogens is 478 g/mol. The fourth-order valence-electron chi connectivity index (χ4n) is 4.59. The summed E-state index contributed by atoms with van der Waals surface area (Å²) in [6.45, 7) is 0. The van der Waals surface area contributed by atoms with E-state index in [1.807, 2.05) is 133 Å². The Balaban J connectivity index is 1.35. The largest absolute Gasteiger partial charge is 0.378 e. The molecule has 1 saturated heterocycles. The van der Waals surface area contributed by atoms with Crippen molar-refractivity contribution in [3.05, 3.63) is 126 Å². The van der Waals surface area contributed by atoms with Gasteiger partial charge in [0.05, 0.1) is 11.7 Å². The van der Waals surface area contributed by atoms with Crippen LogP contribution in [-0.4, -0.2) is 31.7 Å². The predicted octanol–water partition coefficient (Wildman–Crippen LogP) is 6.30. The molecule has 1 unspecified atom stereocenters. The molecule has 1 aliphatic rings. The molecule has 0 saturated carbocycles. The van der Waals surface area contributed by atoms with E-state index >= 15 is 0 Å². The topological polar surface area (TPSA) is 52.6 Å². The number of anilines is 3. The number of rotatable bonds is 7. The first-order valence-corrected chi connectivity index (χ1v) is 13.3. The second kappa shape index (κ2) is 10.9. The number of hydrogen-bond acceptors (Lipinski definition) is 4. The molecule has 0 aliphatic carbocycles. The van der Waals surface area contributed by atoms with Gasteiger partial charge in [-0.25, -0.2) is 0 Å². The zero-order chi connectivity index (χ0) is 25.8. The number of nitrogens with one attached hydrogen (secondary N) is 1. The Hall–Kier alpha value is -4.03. The van der Waals surface area contributed by atoms with Gasteiger partial charge in [0.15, 0.2) is 0 Å². The monoisotopic (exact) mass is 507 g/mol. The van der Waals surface area contributed by atoms with Gasteiger partial charge in [-0.15, -0.1) is 11.8 Å². The maximum Gasteiger partial charge on any atom is 0.238 e. The van der Waals surface area contributed by atoms with Crippen LogP contribution in [0.25, 0.3) is 0 Å². The van der Waals surface area contributed by atoms with Crippen LogP contribution in [0.2, 0.25) is 0 Å². The van der Waals surface area contributed by atoms with Gasteiger partial charge in [0.25, 0.3) is 0 Å². The molecule has 37 heavy (non-hydrogen) atoms. The van der Waals surface area contributed by atoms with Crippen molar-refractivity contribution in [2.45, 2.75) is 11.3 Å². The zero-order valence-corrected chi connectivity index (χ0v) is 21.7. The highest BCUT2D eigenvalue weighted by atomic mass is 32.2. The highest BCUT2D eigenvalue weighted by Crippen LogP contribution is 2.42. The van der Waals surface area contributed by atoms with E-state index in [2.05, 4.69) is 5.32 Å². The molecule has 4 aromatic rings. The molecule has 5 nitrogen and oxygen atoms in total. The first-order valence-electron chi connectivity index (χ1n) is 12.2. The van der Waals surface area contributed by atoms with E-state index in [-0.39, 0.29) is 17.2 Å². The van der Waals surface area contributed by atoms with Gasteiger partial charge < -0.3 is 10.2 Å². The molecule has 0 bridgehead atoms. The van der Waals surface area contributed by atoms with Crippen molar-refractivity contribution in [1.82, 2.24) is 0 Å². The Morgan fingerprint density at radius 3 is 1.95 bits per heavy atom. The molecule has 1 atom stereocenters. The molecule has 1 aliphatic heterocycles. The molecule has 0 spiro atoms. The smallest absolute Gasteiger partial charge is 0.238 e. The minimum absolute atomic E-state index is 0.0850. The number of thioether (sulfide) groups is 1. The third-order valence-corrected chi connectivity index (χ3v) is 7.72. The van der Waals surface area contributed by atoms with Crippen molar-refractivity contribution >= 4 is 40.6 Å². The van der Waals surface area contributed by atoms with E-state index < -0.39 is 5.92 Å². The lowest BCUT2D eigenvalue weighted by Crippen LogP contribution is -2.27. The number of amides is 2. The number of hydrogen-bond donors (Lipinski definition) is 1. The molecule has 1 fully saturated rings. The van der Waals surface area contributed by atoms with E-state index in [1.165, 1.54) is 0 Å². The van der Waals surface area contributed by atoms with E-state index in [0.717, 1.165) is 33.8 Å². The van der Waals surface area contributed by atoms with E-state index in [4.69, 9.17) is 0 Å². The van der Waals surface area contributed by atoms with E-state index in [0.29, 0.717) is 5.75 Å². The van der Waals surface area contributed by atoms with E-state index in [9.17, 15) is 9.59 Å². The van der Waals surface area contributed by atoms with Crippen molar-refractivity contribution in [3.8, 4) is 0 Å². The first-order chi connectivity index (χ1) is 18.0. The molecule has 5 rings (SSSR count). The number of carbonyl (C=O) groups is 2. The molecule has 0 aromatic heterocycles. The van der Waals surface area contributed by atoms with Crippen LogP contribution in [0.1, 0.15) is 28.0 Å². The number of carbonyl (C=O) groups excluding carboxylic acids is 2. The van der Waals surface area contributed by atoms with Crippen LogP contribution in [0.5, 0.6) is 0 Å². The summed E-state index contributed by atoms with van der Waals surface area (Å²) in [6.07, 6.45) is 0. The quantitative estimate of drug-likeness (QED) is 0.319. The minimum Gasteiger partial charge on any atom is -0.378 e. The lowest BCUT2D eigenvalue weighted by molar-refractivity contribution is -0.117. The van der Waals surface area contributed by atoms with Gasteiger partial charge in [0.2, 0.25) is 11.8 Å². The van der Waals surface area contributed by atoms with Gasteiger partial charge in [-0.1, -0.05) is 72.8 Å². The molecule has 0 radical (unpaired) electrons. The fourth-order valence-corrected chi connectivity index (χ4v) is 5.77. The standard InChI is InChI=1S/C31H29N3O2S/c1-33(2)26-17-19-27(20-18-26)34-28(35)21-37-31(34)24-13-15-25(16-14-24)32-30(36)29(22-9-5-3-6-10-22)23-11-7-4-8-12-23/h3-20,29,31H,21H2,1-2H3,(H,32,36). The Morgan fingerprint density at radius 1 is 0.838 bits per heavy atom. The van der Waals surface area contributed by atoms with E-state index in [1.54, 1.807) is 11.8 Å². The highest BCUT2D eigenvalue weighted by Gasteiger charge is 2.34. The van der Waals surface area contributed by atoms with Crippen LogP contribution in [0.3, 0.4) is 0 Å². The van der Waals surface area contributed by atoms with Gasteiger partial charge in [-0.2, -0.15) is 0 Å². The third-order valence-electron chi connectivity index (χ3n) is 6.50. The Bertz CT molecular complexity index is 1320. The van der Waals surface area contributed by atoms with Crippen LogP contribution < -0.4 is 15.1 Å². The molecule has 6 heteroatoms. The number of nitrogens with zero attached hydrogens (tertiary/aromatic N) is 2. The van der Waals surface area contributed by atoms with Crippen LogP contribution in [-0.2, 0) is 9.59 Å². The maximum atomic E-state index is 13.4. The summed E-state index contributed by atoms with van der Waals surface area (Å²) in [6, 6.07) is 35.5. The summed E-state index contributed by atoms with van der Waals surface area (Å²) in [4.78, 5) is 30.1. The lowest BCUT2D eigenvalue weighted by atomic mass is 9.90. The van der Waals surface area contributed by atoms with Gasteiger partial charge in [0, 0.05) is 31.2 Å². The maximum absolute atomic E-state index is 13.4. The Kier molecular flexibility index (Phi) is 7.28. The molecular formula is C31H29N3O2S. The molecule has 4 aromatic carbocycles. The summed E-state index contributed by atoms with van der Waals surface area (Å²) in [5.74, 6) is 0.0384. The first kappa shape index (κ1) is 24.7. The number of benzene rings is 4. The minimum atomic E-state index is -0.411. The molecule has 1 heterocycles. The fraction of sp³-hybridized carbons (Fsp3) is 0.161. The molecule has 1 N–H and O–H groups in total. The van der Waals surface area contributed by atoms with Gasteiger partial charge in [0.1, 0.15) is 5.37 Å². The summed E-state index contributed by atoms with van der Waals surface area (Å²) in [7, 11) is 3.99. The summed E-state index contributed by atoms with van der Waals surface area (Å²) < 4.78 is 0. The summed E-state index contributed by atoms with van der Waals surface area (Å²) in [5, 5.41) is 2.99. The van der Waals surface area contributed by atoms with Crippen molar-refractivity contribution < 1.29 is 9.59 Å². The lowest BCUT2D eigenvalue weighted by Gasteiger charge is -2.25. The van der Waals surface area contributed by atoms with Gasteiger partial charge in [-0.3, -0.25) is 14.5 Å². The molecule has 2 amide bonds. The van der Waals surface area contributed by atoms with Crippen LogP contribution in [0.15, 0.2) is 109 Å². The van der Waals surface area contributed by atoms with Gasteiger partial charge >= 0.3 is 0 Å². The van der Waals surface area contributed by atoms with Crippen molar-refractivity contribution in [2.75, 3.05) is 35.0 Å². The third kappa shape index (κ3) is 5.39. The van der Waals surface area contributed by atoms with Crippen LogP contribution >= 0.6 is 11.8 Å². The zero-order valence-electron chi connectivity index (χ0n) is 20.9. The average Bonchev–Trinajstić information content (AvgIpc) is 3.31. The average molecular weight is 508 g/mol. The molecule has 186 valence electrons. The van der Waals surface area contributed by atoms with Crippen molar-refractivity contribution in [3.63, 3.8) is 0 Å². The Morgan fingerprint density at radius 2 is 1.41 bits per heavy atom. The second-order valence-electron chi connectivity index (χ2n) is 9.20. The summed E-state index contributed by atoms with van der Waals surface area (Å²) in [5.41, 5.74) is 5.61. The second-order valence-corrected chi connectivity index (χ2v) is 10.3. The normalized spacial score (nSPS) is 15.2. The summed E-state index contributed by atoms with van der Waals surface area (Å²) >= 11 is 1.61. The van der Waals surface area contributed by atoms with Crippen molar-refractivity contribution in [1.29, 1.82) is 0 Å². The predicted molar refractivity (Wildman–Crippen MR) is 153 cm³/mol. The Labute approximate surface area is 222 Å². The van der Waals surface area contributed by atoms with Gasteiger partial charge in [-0.05, 0) is 53.1 Å².